The van der Waals surface area contributed by atoms with Crippen LogP contribution in [0.15, 0.2) is 30.3 Å². The molecule has 1 unspecified atom stereocenters. The molecule has 0 heterocycles. The fraction of sp³-hybridized carbons (Fsp3) is 0.500. The lowest BCUT2D eigenvalue weighted by Crippen LogP contribution is -2.37. The van der Waals surface area contributed by atoms with Crippen LogP contribution in [0.25, 0.3) is 0 Å². The molecule has 2 N–H and O–H groups in total. The molecule has 0 aliphatic rings. The molecule has 20 heavy (non-hydrogen) atoms. The highest BCUT2D eigenvalue weighted by Crippen LogP contribution is 2.12. The molecule has 0 spiro atoms. The van der Waals surface area contributed by atoms with Crippen LogP contribution in [0.5, 0.6) is 0 Å². The third-order valence-corrected chi connectivity index (χ3v) is 3.00. The zero-order valence-electron chi connectivity index (χ0n) is 12.7. The first-order valence-electron chi connectivity index (χ1n) is 6.93. The number of carbonyl (C=O) groups is 2. The summed E-state index contributed by atoms with van der Waals surface area (Å²) in [4.78, 5) is 23.4. The summed E-state index contributed by atoms with van der Waals surface area (Å²) in [6, 6.07) is 9.77. The van der Waals surface area contributed by atoms with Crippen LogP contribution in [0.4, 0.5) is 0 Å². The van der Waals surface area contributed by atoms with E-state index in [0.717, 1.165) is 5.56 Å². The van der Waals surface area contributed by atoms with E-state index in [0.29, 0.717) is 13.0 Å². The van der Waals surface area contributed by atoms with Crippen molar-refractivity contribution in [2.24, 2.45) is 5.41 Å². The Balaban J connectivity index is 2.33. The molecule has 2 amide bonds. The normalized spacial score (nSPS) is 12.6. The average molecular weight is 276 g/mol. The largest absolute Gasteiger partial charge is 0.355 e. The zero-order valence-corrected chi connectivity index (χ0v) is 12.7. The minimum Gasteiger partial charge on any atom is -0.355 e. The predicted octanol–water partition coefficient (Wildman–Crippen LogP) is 2.42. The maximum Gasteiger partial charge on any atom is 0.225 e. The average Bonchev–Trinajstić information content (AvgIpc) is 2.38. The van der Waals surface area contributed by atoms with Gasteiger partial charge in [0.2, 0.25) is 11.8 Å². The van der Waals surface area contributed by atoms with Gasteiger partial charge in [0.15, 0.2) is 0 Å². The smallest absolute Gasteiger partial charge is 0.225 e. The fourth-order valence-corrected chi connectivity index (χ4v) is 1.69. The molecule has 0 bridgehead atoms. The second kappa shape index (κ2) is 7.08. The molecule has 0 aromatic heterocycles. The summed E-state index contributed by atoms with van der Waals surface area (Å²) in [5.41, 5.74) is 0.646. The van der Waals surface area contributed by atoms with Crippen LogP contribution >= 0.6 is 0 Å². The van der Waals surface area contributed by atoms with Gasteiger partial charge in [0, 0.05) is 18.4 Å². The molecule has 4 nitrogen and oxygen atoms in total. The number of hydrogen-bond donors (Lipinski definition) is 2. The van der Waals surface area contributed by atoms with Crippen molar-refractivity contribution in [1.82, 2.24) is 10.6 Å². The molecule has 0 radical (unpaired) electrons. The van der Waals surface area contributed by atoms with Gasteiger partial charge in [0.1, 0.15) is 0 Å². The Morgan fingerprint density at radius 1 is 1.15 bits per heavy atom. The Morgan fingerprint density at radius 2 is 1.75 bits per heavy atom. The molecule has 0 saturated carbocycles. The fourth-order valence-electron chi connectivity index (χ4n) is 1.69. The van der Waals surface area contributed by atoms with Crippen molar-refractivity contribution in [3.8, 4) is 0 Å². The van der Waals surface area contributed by atoms with Gasteiger partial charge in [-0.25, -0.2) is 0 Å². The van der Waals surface area contributed by atoms with E-state index in [4.69, 9.17) is 0 Å². The van der Waals surface area contributed by atoms with Crippen molar-refractivity contribution >= 4 is 11.8 Å². The van der Waals surface area contributed by atoms with E-state index in [-0.39, 0.29) is 17.9 Å². The predicted molar refractivity (Wildman–Crippen MR) is 80.1 cm³/mol. The van der Waals surface area contributed by atoms with Crippen molar-refractivity contribution in [2.45, 2.75) is 40.2 Å². The van der Waals surface area contributed by atoms with E-state index >= 15 is 0 Å². The van der Waals surface area contributed by atoms with Gasteiger partial charge in [-0.1, -0.05) is 51.1 Å². The maximum absolute atomic E-state index is 11.8. The van der Waals surface area contributed by atoms with E-state index < -0.39 is 5.41 Å². The Bertz CT molecular complexity index is 449. The minimum absolute atomic E-state index is 0.0259. The molecule has 4 heteroatoms. The van der Waals surface area contributed by atoms with Crippen LogP contribution < -0.4 is 10.6 Å². The third kappa shape index (κ3) is 5.43. The zero-order chi connectivity index (χ0) is 15.2. The van der Waals surface area contributed by atoms with E-state index in [2.05, 4.69) is 10.6 Å². The van der Waals surface area contributed by atoms with Gasteiger partial charge in [-0.2, -0.15) is 0 Å². The summed E-state index contributed by atoms with van der Waals surface area (Å²) in [5.74, 6) is -0.100. The van der Waals surface area contributed by atoms with Crippen molar-refractivity contribution < 1.29 is 9.59 Å². The number of benzene rings is 1. The molecule has 1 rings (SSSR count). The minimum atomic E-state index is -0.423. The second-order valence-electron chi connectivity index (χ2n) is 5.96. The van der Waals surface area contributed by atoms with Crippen molar-refractivity contribution in [3.05, 3.63) is 35.9 Å². The number of nitrogens with one attached hydrogen (secondary N) is 2. The van der Waals surface area contributed by atoms with Crippen LogP contribution in [0.3, 0.4) is 0 Å². The highest BCUT2D eigenvalue weighted by atomic mass is 16.2. The first-order chi connectivity index (χ1) is 9.30. The van der Waals surface area contributed by atoms with Crippen molar-refractivity contribution in [1.29, 1.82) is 0 Å². The molecule has 0 saturated heterocycles. The molecular weight excluding hydrogens is 252 g/mol. The van der Waals surface area contributed by atoms with Gasteiger partial charge in [-0.15, -0.1) is 0 Å². The van der Waals surface area contributed by atoms with Crippen LogP contribution in [-0.2, 0) is 9.59 Å². The molecule has 1 aromatic rings. The monoisotopic (exact) mass is 276 g/mol. The highest BCUT2D eigenvalue weighted by Gasteiger charge is 2.20. The Kier molecular flexibility index (Phi) is 5.74. The SMILES string of the molecule is CC(NC(=O)CCNC(=O)C(C)(C)C)c1ccccc1. The molecule has 110 valence electrons. The summed E-state index contributed by atoms with van der Waals surface area (Å²) < 4.78 is 0. The van der Waals surface area contributed by atoms with Crippen molar-refractivity contribution in [2.75, 3.05) is 6.54 Å². The van der Waals surface area contributed by atoms with Crippen LogP contribution in [0.2, 0.25) is 0 Å². The quantitative estimate of drug-likeness (QED) is 0.867. The first-order valence-corrected chi connectivity index (χ1v) is 6.93. The van der Waals surface area contributed by atoms with E-state index in [9.17, 15) is 9.59 Å². The second-order valence-corrected chi connectivity index (χ2v) is 5.96. The summed E-state index contributed by atoms with van der Waals surface area (Å²) in [6.07, 6.45) is 0.291. The third-order valence-electron chi connectivity index (χ3n) is 3.00. The first kappa shape index (κ1) is 16.2. The molecule has 1 aromatic carbocycles. The lowest BCUT2D eigenvalue weighted by Gasteiger charge is -2.18. The molecule has 1 atom stereocenters. The van der Waals surface area contributed by atoms with Crippen molar-refractivity contribution in [3.63, 3.8) is 0 Å². The standard InChI is InChI=1S/C16H24N2O2/c1-12(13-8-6-5-7-9-13)18-14(19)10-11-17-15(20)16(2,3)4/h5-9,12H,10-11H2,1-4H3,(H,17,20)(H,18,19). The van der Waals surface area contributed by atoms with E-state index in [1.165, 1.54) is 0 Å². The van der Waals surface area contributed by atoms with Crippen LogP contribution in [-0.4, -0.2) is 18.4 Å². The Morgan fingerprint density at radius 3 is 2.30 bits per heavy atom. The maximum atomic E-state index is 11.8. The lowest BCUT2D eigenvalue weighted by molar-refractivity contribution is -0.128. The van der Waals surface area contributed by atoms with Gasteiger partial charge >= 0.3 is 0 Å². The van der Waals surface area contributed by atoms with Gasteiger partial charge in [0.05, 0.1) is 6.04 Å². The van der Waals surface area contributed by atoms with Gasteiger partial charge in [-0.05, 0) is 12.5 Å². The summed E-state index contributed by atoms with van der Waals surface area (Å²) in [5, 5.41) is 5.69. The summed E-state index contributed by atoms with van der Waals surface area (Å²) in [6.45, 7) is 7.85. The van der Waals surface area contributed by atoms with Gasteiger partial charge < -0.3 is 10.6 Å². The summed E-state index contributed by atoms with van der Waals surface area (Å²) in [7, 11) is 0. The topological polar surface area (TPSA) is 58.2 Å². The molecular formula is C16H24N2O2. The van der Waals surface area contributed by atoms with E-state index in [1.54, 1.807) is 0 Å². The van der Waals surface area contributed by atoms with Crippen LogP contribution in [0, 0.1) is 5.41 Å². The van der Waals surface area contributed by atoms with Gasteiger partial charge in [0.25, 0.3) is 0 Å². The highest BCUT2D eigenvalue weighted by molar-refractivity contribution is 5.82. The van der Waals surface area contributed by atoms with Crippen LogP contribution in [0.1, 0.15) is 45.7 Å². The number of carbonyl (C=O) groups excluding carboxylic acids is 2. The number of amides is 2. The number of hydrogen-bond acceptors (Lipinski definition) is 2. The van der Waals surface area contributed by atoms with E-state index in [1.807, 2.05) is 58.0 Å². The Labute approximate surface area is 121 Å². The number of rotatable bonds is 5. The summed E-state index contributed by atoms with van der Waals surface area (Å²) >= 11 is 0. The van der Waals surface area contributed by atoms with Gasteiger partial charge in [-0.3, -0.25) is 9.59 Å². The molecule has 0 aliphatic carbocycles. The molecule has 0 fully saturated rings. The Hall–Kier alpha value is -1.84. The molecule has 0 aliphatic heterocycles. The lowest BCUT2D eigenvalue weighted by atomic mass is 9.96.